The summed E-state index contributed by atoms with van der Waals surface area (Å²) >= 11 is 0. The Balaban J connectivity index is 3.28. The van der Waals surface area contributed by atoms with Crippen molar-refractivity contribution in [1.82, 2.24) is 0 Å². The highest BCUT2D eigenvalue weighted by molar-refractivity contribution is 5.30. The Bertz CT molecular complexity index is 292. The summed E-state index contributed by atoms with van der Waals surface area (Å²) in [6.45, 7) is 3.19. The molecule has 1 rings (SSSR count). The molecule has 3 heteroatoms. The van der Waals surface area contributed by atoms with Crippen molar-refractivity contribution in [2.45, 2.75) is 13.8 Å². The average Bonchev–Trinajstić information content (AvgIpc) is 1.96. The molecular weight excluding hydrogens is 165 g/mol. The standard InChI is InChI=1S/C9H8F3/c1-5(2)7-3-6(10)4-8(11)9(7)12/h3-4H,1-2H3. The van der Waals surface area contributed by atoms with E-state index in [2.05, 4.69) is 0 Å². The Morgan fingerprint density at radius 3 is 2.17 bits per heavy atom. The molecule has 0 atom stereocenters. The van der Waals surface area contributed by atoms with Crippen LogP contribution < -0.4 is 0 Å². The molecule has 0 amide bonds. The van der Waals surface area contributed by atoms with Crippen LogP contribution in [0.1, 0.15) is 19.4 Å². The van der Waals surface area contributed by atoms with Crippen LogP contribution in [-0.4, -0.2) is 0 Å². The largest absolute Gasteiger partial charge is 0.207 e. The molecule has 12 heavy (non-hydrogen) atoms. The van der Waals surface area contributed by atoms with Gasteiger partial charge in [-0.2, -0.15) is 0 Å². The van der Waals surface area contributed by atoms with Gasteiger partial charge in [-0.15, -0.1) is 0 Å². The lowest BCUT2D eigenvalue weighted by atomic mass is 10.0. The van der Waals surface area contributed by atoms with Crippen molar-refractivity contribution in [3.63, 3.8) is 0 Å². The van der Waals surface area contributed by atoms with Gasteiger partial charge in [0.2, 0.25) is 0 Å². The summed E-state index contributed by atoms with van der Waals surface area (Å²) < 4.78 is 38.0. The van der Waals surface area contributed by atoms with Gasteiger partial charge >= 0.3 is 0 Å². The highest BCUT2D eigenvalue weighted by atomic mass is 19.2. The van der Waals surface area contributed by atoms with Crippen molar-refractivity contribution in [3.05, 3.63) is 41.1 Å². The van der Waals surface area contributed by atoms with E-state index in [1.807, 2.05) is 0 Å². The van der Waals surface area contributed by atoms with E-state index in [-0.39, 0.29) is 5.56 Å². The van der Waals surface area contributed by atoms with E-state index in [0.29, 0.717) is 12.0 Å². The minimum atomic E-state index is -1.15. The minimum absolute atomic E-state index is 0.00694. The maximum Gasteiger partial charge on any atom is 0.162 e. The molecule has 0 saturated carbocycles. The van der Waals surface area contributed by atoms with Crippen LogP contribution in [0.4, 0.5) is 13.2 Å². The highest BCUT2D eigenvalue weighted by Gasteiger charge is 2.13. The second-order valence-electron chi connectivity index (χ2n) is 2.75. The van der Waals surface area contributed by atoms with Crippen molar-refractivity contribution in [3.8, 4) is 0 Å². The van der Waals surface area contributed by atoms with Gasteiger partial charge in [-0.1, -0.05) is 13.8 Å². The molecule has 1 aromatic carbocycles. The monoisotopic (exact) mass is 173 g/mol. The summed E-state index contributed by atoms with van der Waals surface area (Å²) in [5.41, 5.74) is -0.00694. The van der Waals surface area contributed by atoms with E-state index in [9.17, 15) is 13.2 Å². The first kappa shape index (κ1) is 9.10. The predicted octanol–water partition coefficient (Wildman–Crippen LogP) is 3.07. The molecule has 0 bridgehead atoms. The van der Waals surface area contributed by atoms with Gasteiger partial charge in [0.25, 0.3) is 0 Å². The van der Waals surface area contributed by atoms with E-state index < -0.39 is 17.5 Å². The fourth-order valence-corrected chi connectivity index (χ4v) is 0.920. The zero-order chi connectivity index (χ0) is 9.30. The Morgan fingerprint density at radius 2 is 1.67 bits per heavy atom. The average molecular weight is 173 g/mol. The lowest BCUT2D eigenvalue weighted by molar-refractivity contribution is 0.488. The van der Waals surface area contributed by atoms with Crippen LogP contribution in [0.2, 0.25) is 0 Å². The molecule has 0 spiro atoms. The second-order valence-corrected chi connectivity index (χ2v) is 2.75. The highest BCUT2D eigenvalue weighted by Crippen LogP contribution is 2.20. The van der Waals surface area contributed by atoms with Crippen LogP contribution in [0.5, 0.6) is 0 Å². The lowest BCUT2D eigenvalue weighted by Crippen LogP contribution is -1.98. The normalized spacial score (nSPS) is 10.8. The molecule has 0 aliphatic heterocycles. The van der Waals surface area contributed by atoms with Crippen LogP contribution in [-0.2, 0) is 0 Å². The van der Waals surface area contributed by atoms with E-state index in [0.717, 1.165) is 6.07 Å². The van der Waals surface area contributed by atoms with Crippen LogP contribution in [0.25, 0.3) is 0 Å². The van der Waals surface area contributed by atoms with Gasteiger partial charge in [-0.05, 0) is 6.07 Å². The molecule has 0 aromatic heterocycles. The van der Waals surface area contributed by atoms with Crippen molar-refractivity contribution >= 4 is 0 Å². The van der Waals surface area contributed by atoms with Crippen molar-refractivity contribution in [2.75, 3.05) is 0 Å². The topological polar surface area (TPSA) is 0 Å². The molecule has 0 unspecified atom stereocenters. The molecule has 0 nitrogen and oxygen atoms in total. The van der Waals surface area contributed by atoms with Gasteiger partial charge < -0.3 is 0 Å². The van der Waals surface area contributed by atoms with Crippen molar-refractivity contribution < 1.29 is 13.2 Å². The van der Waals surface area contributed by atoms with Gasteiger partial charge in [-0.25, -0.2) is 13.2 Å². The summed E-state index contributed by atoms with van der Waals surface area (Å²) in [5, 5.41) is 0. The van der Waals surface area contributed by atoms with Gasteiger partial charge in [0.05, 0.1) is 0 Å². The molecular formula is C9H8F3. The Morgan fingerprint density at radius 1 is 1.08 bits per heavy atom. The number of hydrogen-bond donors (Lipinski definition) is 0. The summed E-state index contributed by atoms with van der Waals surface area (Å²) in [5.74, 6) is -2.35. The molecule has 0 aliphatic carbocycles. The summed E-state index contributed by atoms with van der Waals surface area (Å²) in [4.78, 5) is 0. The van der Waals surface area contributed by atoms with E-state index in [1.165, 1.54) is 0 Å². The van der Waals surface area contributed by atoms with Crippen molar-refractivity contribution in [2.24, 2.45) is 0 Å². The molecule has 1 aromatic rings. The van der Waals surface area contributed by atoms with Crippen molar-refractivity contribution in [1.29, 1.82) is 0 Å². The fourth-order valence-electron chi connectivity index (χ4n) is 0.920. The zero-order valence-electron chi connectivity index (χ0n) is 6.79. The molecule has 65 valence electrons. The molecule has 0 heterocycles. The summed E-state index contributed by atoms with van der Waals surface area (Å²) in [6, 6.07) is 1.51. The van der Waals surface area contributed by atoms with Crippen LogP contribution in [0.3, 0.4) is 0 Å². The molecule has 0 saturated heterocycles. The Labute approximate surface area is 69.0 Å². The van der Waals surface area contributed by atoms with Crippen LogP contribution >= 0.6 is 0 Å². The molecule has 0 aliphatic rings. The van der Waals surface area contributed by atoms with Gasteiger partial charge in [0, 0.05) is 17.5 Å². The van der Waals surface area contributed by atoms with Gasteiger partial charge in [0.15, 0.2) is 11.6 Å². The van der Waals surface area contributed by atoms with Crippen LogP contribution in [0.15, 0.2) is 12.1 Å². The third-order valence-electron chi connectivity index (χ3n) is 1.53. The second kappa shape index (κ2) is 3.17. The fraction of sp³-hybridized carbons (Fsp3) is 0.222. The number of hydrogen-bond acceptors (Lipinski definition) is 0. The smallest absolute Gasteiger partial charge is 0.162 e. The van der Waals surface area contributed by atoms with E-state index in [1.54, 1.807) is 13.8 Å². The van der Waals surface area contributed by atoms with Crippen LogP contribution in [0, 0.1) is 23.4 Å². The van der Waals surface area contributed by atoms with Gasteiger partial charge in [0.1, 0.15) is 5.82 Å². The van der Waals surface area contributed by atoms with E-state index in [4.69, 9.17) is 0 Å². The van der Waals surface area contributed by atoms with E-state index >= 15 is 0 Å². The number of halogens is 3. The predicted molar refractivity (Wildman–Crippen MR) is 40.0 cm³/mol. The SMILES string of the molecule is C[C](C)c1cc(F)cc(F)c1F. The first-order valence-corrected chi connectivity index (χ1v) is 3.47. The molecule has 0 fully saturated rings. The number of rotatable bonds is 1. The maximum absolute atomic E-state index is 12.9. The molecule has 1 radical (unpaired) electrons. The third kappa shape index (κ3) is 1.60. The third-order valence-corrected chi connectivity index (χ3v) is 1.53. The first-order valence-electron chi connectivity index (χ1n) is 3.47. The molecule has 0 N–H and O–H groups in total. The lowest BCUT2D eigenvalue weighted by Gasteiger charge is -2.06. The quantitative estimate of drug-likeness (QED) is 0.572. The Hall–Kier alpha value is -0.990. The summed E-state index contributed by atoms with van der Waals surface area (Å²) in [7, 11) is 0. The summed E-state index contributed by atoms with van der Waals surface area (Å²) in [6.07, 6.45) is 0. The first-order chi connectivity index (χ1) is 5.52. The maximum atomic E-state index is 12.9. The van der Waals surface area contributed by atoms with Gasteiger partial charge in [-0.3, -0.25) is 0 Å². The Kier molecular flexibility index (Phi) is 2.40. The zero-order valence-corrected chi connectivity index (χ0v) is 6.79. The minimum Gasteiger partial charge on any atom is -0.207 e. The number of benzene rings is 1.